The van der Waals surface area contributed by atoms with E-state index in [0.717, 1.165) is 34.9 Å². The summed E-state index contributed by atoms with van der Waals surface area (Å²) in [6, 6.07) is 8.20. The van der Waals surface area contributed by atoms with E-state index in [1.807, 2.05) is 0 Å². The minimum Gasteiger partial charge on any atom is -0.319 e. The van der Waals surface area contributed by atoms with Gasteiger partial charge in [-0.15, -0.1) is 11.8 Å². The van der Waals surface area contributed by atoms with Crippen LogP contribution in [0.2, 0.25) is 0 Å². The van der Waals surface area contributed by atoms with Gasteiger partial charge in [0.1, 0.15) is 23.0 Å². The third kappa shape index (κ3) is 3.29. The highest BCUT2D eigenvalue weighted by Gasteiger charge is 2.50. The summed E-state index contributed by atoms with van der Waals surface area (Å²) >= 11 is 1.16. The highest BCUT2D eigenvalue weighted by molar-refractivity contribution is 7.99. The number of rotatable bonds is 5. The van der Waals surface area contributed by atoms with Gasteiger partial charge in [-0.2, -0.15) is 0 Å². The SMILES string of the molecule is C[C@]1(c2cc(F)ccc2F)NC(=O)N(CCSc2ccccc2F)C1=O. The van der Waals surface area contributed by atoms with Gasteiger partial charge >= 0.3 is 6.03 Å². The van der Waals surface area contributed by atoms with Crippen molar-refractivity contribution < 1.29 is 22.8 Å². The molecule has 1 saturated heterocycles. The van der Waals surface area contributed by atoms with Crippen molar-refractivity contribution in [3.8, 4) is 0 Å². The number of hydrogen-bond acceptors (Lipinski definition) is 3. The van der Waals surface area contributed by atoms with E-state index in [2.05, 4.69) is 5.32 Å². The molecule has 2 aromatic carbocycles. The first kappa shape index (κ1) is 18.3. The van der Waals surface area contributed by atoms with E-state index in [-0.39, 0.29) is 23.7 Å². The van der Waals surface area contributed by atoms with Crippen LogP contribution in [0.25, 0.3) is 0 Å². The minimum absolute atomic E-state index is 0.0101. The number of hydrogen-bond donors (Lipinski definition) is 1. The van der Waals surface area contributed by atoms with Crippen LogP contribution in [0.3, 0.4) is 0 Å². The standard InChI is InChI=1S/C18H15F3N2O2S/c1-18(12-10-11(19)6-7-13(12)20)16(24)23(17(25)22-18)8-9-26-15-5-3-2-4-14(15)21/h2-7,10H,8-9H2,1H3,(H,22,25)/t18-/m1/s1. The van der Waals surface area contributed by atoms with Crippen molar-refractivity contribution >= 4 is 23.7 Å². The van der Waals surface area contributed by atoms with Crippen LogP contribution in [0.4, 0.5) is 18.0 Å². The molecule has 0 bridgehead atoms. The molecule has 1 fully saturated rings. The fourth-order valence-electron chi connectivity index (χ4n) is 2.77. The van der Waals surface area contributed by atoms with Gasteiger partial charge in [-0.25, -0.2) is 18.0 Å². The van der Waals surface area contributed by atoms with Gasteiger partial charge in [0.15, 0.2) is 0 Å². The number of halogens is 3. The van der Waals surface area contributed by atoms with E-state index in [4.69, 9.17) is 0 Å². The molecule has 1 aliphatic heterocycles. The van der Waals surface area contributed by atoms with Crippen LogP contribution in [0, 0.1) is 17.5 Å². The Hall–Kier alpha value is -2.48. The van der Waals surface area contributed by atoms with E-state index >= 15 is 0 Å². The molecule has 8 heteroatoms. The molecular formula is C18H15F3N2O2S. The van der Waals surface area contributed by atoms with Crippen molar-refractivity contribution in [2.75, 3.05) is 12.3 Å². The van der Waals surface area contributed by atoms with Crippen LogP contribution < -0.4 is 5.32 Å². The van der Waals surface area contributed by atoms with Gasteiger partial charge in [0.25, 0.3) is 5.91 Å². The second-order valence-corrected chi connectivity index (χ2v) is 7.05. The number of thioether (sulfide) groups is 1. The van der Waals surface area contributed by atoms with Gasteiger partial charge in [0, 0.05) is 22.8 Å². The maximum absolute atomic E-state index is 14.1. The predicted molar refractivity (Wildman–Crippen MR) is 91.1 cm³/mol. The lowest BCUT2D eigenvalue weighted by atomic mass is 9.91. The Bertz CT molecular complexity index is 877. The number of urea groups is 1. The van der Waals surface area contributed by atoms with Crippen molar-refractivity contribution in [3.63, 3.8) is 0 Å². The maximum Gasteiger partial charge on any atom is 0.325 e. The average Bonchev–Trinajstić information content (AvgIpc) is 2.82. The summed E-state index contributed by atoms with van der Waals surface area (Å²) in [4.78, 5) is 26.2. The first-order valence-electron chi connectivity index (χ1n) is 7.80. The number of imide groups is 1. The van der Waals surface area contributed by atoms with Crippen LogP contribution in [0.15, 0.2) is 47.4 Å². The number of nitrogens with one attached hydrogen (secondary N) is 1. The van der Waals surface area contributed by atoms with Gasteiger partial charge in [-0.3, -0.25) is 9.69 Å². The highest BCUT2D eigenvalue weighted by Crippen LogP contribution is 2.31. The molecule has 0 aliphatic carbocycles. The molecule has 1 atom stereocenters. The van der Waals surface area contributed by atoms with Crippen LogP contribution in [-0.2, 0) is 10.3 Å². The molecular weight excluding hydrogens is 365 g/mol. The summed E-state index contributed by atoms with van der Waals surface area (Å²) in [6.45, 7) is 1.34. The Morgan fingerprint density at radius 2 is 1.81 bits per heavy atom. The predicted octanol–water partition coefficient (Wildman–Crippen LogP) is 3.66. The summed E-state index contributed by atoms with van der Waals surface area (Å²) in [5, 5.41) is 2.42. The van der Waals surface area contributed by atoms with E-state index in [9.17, 15) is 22.8 Å². The Labute approximate surface area is 152 Å². The molecule has 1 N–H and O–H groups in total. The van der Waals surface area contributed by atoms with Gasteiger partial charge in [-0.05, 0) is 37.3 Å². The van der Waals surface area contributed by atoms with E-state index in [0.29, 0.717) is 4.90 Å². The molecule has 0 aromatic heterocycles. The number of carbonyl (C=O) groups is 2. The van der Waals surface area contributed by atoms with Crippen molar-refractivity contribution in [3.05, 3.63) is 65.5 Å². The highest BCUT2D eigenvalue weighted by atomic mass is 32.2. The van der Waals surface area contributed by atoms with Crippen LogP contribution in [0.1, 0.15) is 12.5 Å². The van der Waals surface area contributed by atoms with Crippen molar-refractivity contribution in [2.45, 2.75) is 17.4 Å². The average molecular weight is 380 g/mol. The molecule has 1 heterocycles. The van der Waals surface area contributed by atoms with E-state index < -0.39 is 29.1 Å². The van der Waals surface area contributed by atoms with E-state index in [1.165, 1.54) is 13.0 Å². The summed E-state index contributed by atoms with van der Waals surface area (Å²) in [5.41, 5.74) is -1.92. The lowest BCUT2D eigenvalue weighted by Gasteiger charge is -2.22. The maximum atomic E-state index is 14.1. The molecule has 4 nitrogen and oxygen atoms in total. The summed E-state index contributed by atoms with van der Waals surface area (Å²) < 4.78 is 41.2. The fourth-order valence-corrected chi connectivity index (χ4v) is 3.65. The fraction of sp³-hybridized carbons (Fsp3) is 0.222. The molecule has 0 unspecified atom stereocenters. The van der Waals surface area contributed by atoms with Gasteiger partial charge in [-0.1, -0.05) is 12.1 Å². The molecule has 2 aromatic rings. The monoisotopic (exact) mass is 380 g/mol. The molecule has 3 rings (SSSR count). The number of carbonyl (C=O) groups excluding carboxylic acids is 2. The van der Waals surface area contributed by atoms with Crippen LogP contribution in [0.5, 0.6) is 0 Å². The van der Waals surface area contributed by atoms with Crippen molar-refractivity contribution in [1.82, 2.24) is 10.2 Å². The third-order valence-electron chi connectivity index (χ3n) is 4.15. The molecule has 0 saturated carbocycles. The van der Waals surface area contributed by atoms with Crippen LogP contribution >= 0.6 is 11.8 Å². The number of amides is 3. The normalized spacial score (nSPS) is 19.8. The number of nitrogens with zero attached hydrogens (tertiary/aromatic N) is 1. The molecule has 0 spiro atoms. The third-order valence-corrected chi connectivity index (χ3v) is 5.18. The zero-order valence-electron chi connectivity index (χ0n) is 13.8. The van der Waals surface area contributed by atoms with Crippen molar-refractivity contribution in [1.29, 1.82) is 0 Å². The molecule has 136 valence electrons. The largest absolute Gasteiger partial charge is 0.325 e. The van der Waals surface area contributed by atoms with Gasteiger partial charge < -0.3 is 5.32 Å². The summed E-state index contributed by atoms with van der Waals surface area (Å²) in [5.74, 6) is -2.30. The molecule has 0 radical (unpaired) electrons. The Balaban J connectivity index is 1.74. The second-order valence-electron chi connectivity index (χ2n) is 5.91. The van der Waals surface area contributed by atoms with Crippen LogP contribution in [-0.4, -0.2) is 29.1 Å². The first-order valence-corrected chi connectivity index (χ1v) is 8.78. The lowest BCUT2D eigenvalue weighted by molar-refractivity contribution is -0.130. The van der Waals surface area contributed by atoms with Crippen molar-refractivity contribution in [2.24, 2.45) is 0 Å². The Kier molecular flexibility index (Phi) is 4.95. The molecule has 26 heavy (non-hydrogen) atoms. The van der Waals surface area contributed by atoms with Gasteiger partial charge in [0.2, 0.25) is 0 Å². The molecule has 3 amide bonds. The summed E-state index contributed by atoms with van der Waals surface area (Å²) in [7, 11) is 0. The molecule has 1 aliphatic rings. The lowest BCUT2D eigenvalue weighted by Crippen LogP contribution is -2.42. The smallest absolute Gasteiger partial charge is 0.319 e. The number of benzene rings is 2. The topological polar surface area (TPSA) is 49.4 Å². The Morgan fingerprint density at radius 3 is 2.54 bits per heavy atom. The zero-order chi connectivity index (χ0) is 18.9. The first-order chi connectivity index (χ1) is 12.3. The summed E-state index contributed by atoms with van der Waals surface area (Å²) in [6.07, 6.45) is 0. The Morgan fingerprint density at radius 1 is 1.08 bits per heavy atom. The second kappa shape index (κ2) is 7.03. The van der Waals surface area contributed by atoms with E-state index in [1.54, 1.807) is 18.2 Å². The minimum atomic E-state index is -1.69. The zero-order valence-corrected chi connectivity index (χ0v) is 14.6. The van der Waals surface area contributed by atoms with Gasteiger partial charge in [0.05, 0.1) is 0 Å². The quantitative estimate of drug-likeness (QED) is 0.636.